The van der Waals surface area contributed by atoms with Crippen LogP contribution in [0.1, 0.15) is 33.1 Å². The van der Waals surface area contributed by atoms with Crippen molar-refractivity contribution in [2.45, 2.75) is 39.7 Å². The summed E-state index contributed by atoms with van der Waals surface area (Å²) in [7, 11) is 3.31. The zero-order valence-corrected chi connectivity index (χ0v) is 18.8. The van der Waals surface area contributed by atoms with Gasteiger partial charge in [0.2, 0.25) is 5.75 Å². The normalized spacial score (nSPS) is 11.2. The molecule has 0 bridgehead atoms. The zero-order chi connectivity index (χ0) is 21.8. The molecule has 0 saturated heterocycles. The Balaban J connectivity index is 2.00. The van der Waals surface area contributed by atoms with Gasteiger partial charge >= 0.3 is 0 Å². The van der Waals surface area contributed by atoms with Crippen LogP contribution in [0.2, 0.25) is 0 Å². The van der Waals surface area contributed by atoms with E-state index in [0.29, 0.717) is 23.9 Å². The van der Waals surface area contributed by atoms with Gasteiger partial charge in [-0.25, -0.2) is 0 Å². The Morgan fingerprint density at radius 3 is 2.42 bits per heavy atom. The number of fused-ring (bicyclic) bond motifs is 3. The number of para-hydroxylation sites is 1. The number of benzene rings is 2. The summed E-state index contributed by atoms with van der Waals surface area (Å²) in [5.41, 5.74) is 4.14. The minimum Gasteiger partial charge on any atom is -0.492 e. The number of nitrogens with zero attached hydrogens (tertiary/aromatic N) is 2. The highest BCUT2D eigenvalue weighted by Crippen LogP contribution is 2.46. The van der Waals surface area contributed by atoms with Crippen molar-refractivity contribution in [2.75, 3.05) is 20.8 Å². The van der Waals surface area contributed by atoms with Crippen molar-refractivity contribution in [1.29, 1.82) is 0 Å². The number of aromatic nitrogens is 2. The fourth-order valence-electron chi connectivity index (χ4n) is 4.20. The molecule has 0 saturated carbocycles. The van der Waals surface area contributed by atoms with E-state index >= 15 is 0 Å². The molecule has 2 aromatic heterocycles. The average Bonchev–Trinajstić information content (AvgIpc) is 3.14. The third-order valence-corrected chi connectivity index (χ3v) is 5.62. The average molecular weight is 419 g/mol. The van der Waals surface area contributed by atoms with E-state index in [1.807, 2.05) is 18.3 Å². The molecule has 0 fully saturated rings. The smallest absolute Gasteiger partial charge is 0.203 e. The third-order valence-electron chi connectivity index (χ3n) is 5.62. The van der Waals surface area contributed by atoms with Gasteiger partial charge in [-0.2, -0.15) is 0 Å². The molecule has 4 rings (SSSR count). The topological polar surface area (TPSA) is 45.5 Å². The maximum absolute atomic E-state index is 5.89. The minimum absolute atomic E-state index is 0.600. The maximum Gasteiger partial charge on any atom is 0.203 e. The lowest BCUT2D eigenvalue weighted by atomic mass is 10.1. The van der Waals surface area contributed by atoms with E-state index in [4.69, 9.17) is 19.2 Å². The first-order valence-corrected chi connectivity index (χ1v) is 11.0. The summed E-state index contributed by atoms with van der Waals surface area (Å²) >= 11 is 0. The minimum atomic E-state index is 0.600. The van der Waals surface area contributed by atoms with Crippen molar-refractivity contribution in [3.8, 4) is 28.5 Å². The van der Waals surface area contributed by atoms with Gasteiger partial charge in [-0.3, -0.25) is 4.98 Å². The first-order valence-electron chi connectivity index (χ1n) is 11.0. The Hall–Kier alpha value is -3.21. The molecule has 2 heterocycles. The fraction of sp³-hybridized carbons (Fsp3) is 0.346. The van der Waals surface area contributed by atoms with E-state index in [-0.39, 0.29) is 0 Å². The predicted molar refractivity (Wildman–Crippen MR) is 126 cm³/mol. The fourth-order valence-corrected chi connectivity index (χ4v) is 4.20. The van der Waals surface area contributed by atoms with Crippen LogP contribution < -0.4 is 14.2 Å². The Morgan fingerprint density at radius 1 is 0.871 bits per heavy atom. The van der Waals surface area contributed by atoms with Gasteiger partial charge in [0.05, 0.1) is 32.0 Å². The molecule has 31 heavy (non-hydrogen) atoms. The lowest BCUT2D eigenvalue weighted by Crippen LogP contribution is -2.03. The molecule has 5 nitrogen and oxygen atoms in total. The molecule has 0 unspecified atom stereocenters. The molecule has 0 spiro atoms. The molecule has 0 atom stereocenters. The van der Waals surface area contributed by atoms with Gasteiger partial charge in [-0.15, -0.1) is 0 Å². The molecule has 0 N–H and O–H groups in total. The van der Waals surface area contributed by atoms with Crippen LogP contribution in [0.15, 0.2) is 48.7 Å². The number of hydrogen-bond donors (Lipinski definition) is 0. The monoisotopic (exact) mass is 418 g/mol. The molecule has 2 aromatic carbocycles. The van der Waals surface area contributed by atoms with Gasteiger partial charge in [-0.05, 0) is 37.1 Å². The van der Waals surface area contributed by atoms with E-state index < -0.39 is 0 Å². The van der Waals surface area contributed by atoms with Crippen LogP contribution in [0.3, 0.4) is 0 Å². The zero-order valence-electron chi connectivity index (χ0n) is 18.8. The van der Waals surface area contributed by atoms with E-state index in [1.54, 1.807) is 14.2 Å². The van der Waals surface area contributed by atoms with Crippen LogP contribution in [0.5, 0.6) is 17.2 Å². The molecule has 0 aliphatic carbocycles. The van der Waals surface area contributed by atoms with Crippen molar-refractivity contribution >= 4 is 21.8 Å². The van der Waals surface area contributed by atoms with E-state index in [2.05, 4.69) is 48.7 Å². The summed E-state index contributed by atoms with van der Waals surface area (Å²) in [6.45, 7) is 5.86. The summed E-state index contributed by atoms with van der Waals surface area (Å²) in [6, 6.07) is 14.6. The highest BCUT2D eigenvalue weighted by molar-refractivity contribution is 6.12. The molecule has 5 heteroatoms. The van der Waals surface area contributed by atoms with E-state index in [9.17, 15) is 0 Å². The Kier molecular flexibility index (Phi) is 6.31. The summed E-state index contributed by atoms with van der Waals surface area (Å²) < 4.78 is 19.8. The number of rotatable bonds is 9. The van der Waals surface area contributed by atoms with Crippen LogP contribution in [-0.4, -0.2) is 30.4 Å². The summed E-state index contributed by atoms with van der Waals surface area (Å²) in [5.74, 6) is 1.93. The Morgan fingerprint density at radius 2 is 1.68 bits per heavy atom. The van der Waals surface area contributed by atoms with Crippen molar-refractivity contribution < 1.29 is 14.2 Å². The van der Waals surface area contributed by atoms with Gasteiger partial charge in [0.15, 0.2) is 11.5 Å². The van der Waals surface area contributed by atoms with Crippen molar-refractivity contribution in [3.63, 3.8) is 0 Å². The van der Waals surface area contributed by atoms with Crippen LogP contribution in [0, 0.1) is 0 Å². The molecular weight excluding hydrogens is 388 g/mol. The SMILES string of the molecule is CCCCn1c2ccccc2c2ccnc(-c3ccc(OCCC)c(OC)c3OC)c21. The first kappa shape index (κ1) is 21.0. The quantitative estimate of drug-likeness (QED) is 0.313. The van der Waals surface area contributed by atoms with Gasteiger partial charge in [-0.1, -0.05) is 38.5 Å². The van der Waals surface area contributed by atoms with Crippen LogP contribution >= 0.6 is 0 Å². The largest absolute Gasteiger partial charge is 0.492 e. The standard InChI is InChI=1S/C26H30N2O3/c1-5-7-16-28-21-11-9-8-10-18(21)19-14-15-27-23(24(19)28)20-12-13-22(31-17-6-2)26(30-4)25(20)29-3/h8-15H,5-7,16-17H2,1-4H3. The number of ether oxygens (including phenoxy) is 3. The van der Waals surface area contributed by atoms with E-state index in [1.165, 1.54) is 16.3 Å². The maximum atomic E-state index is 5.89. The second-order valence-electron chi connectivity index (χ2n) is 7.60. The molecule has 0 aliphatic rings. The van der Waals surface area contributed by atoms with Gasteiger partial charge in [0.25, 0.3) is 0 Å². The number of aryl methyl sites for hydroxylation is 1. The summed E-state index contributed by atoms with van der Waals surface area (Å²) in [5, 5.41) is 2.44. The highest BCUT2D eigenvalue weighted by atomic mass is 16.5. The predicted octanol–water partition coefficient (Wildman–Crippen LogP) is 6.46. The number of methoxy groups -OCH3 is 2. The second kappa shape index (κ2) is 9.29. The molecule has 0 amide bonds. The number of unbranched alkanes of at least 4 members (excludes halogenated alkanes) is 1. The third kappa shape index (κ3) is 3.69. The van der Waals surface area contributed by atoms with Gasteiger partial charge in [0.1, 0.15) is 0 Å². The molecule has 0 aliphatic heterocycles. The molecule has 4 aromatic rings. The van der Waals surface area contributed by atoms with Crippen LogP contribution in [0.25, 0.3) is 33.1 Å². The first-order chi connectivity index (χ1) is 15.2. The summed E-state index contributed by atoms with van der Waals surface area (Å²) in [4.78, 5) is 4.82. The molecule has 162 valence electrons. The number of pyridine rings is 1. The van der Waals surface area contributed by atoms with Crippen molar-refractivity contribution in [3.05, 3.63) is 48.7 Å². The lowest BCUT2D eigenvalue weighted by molar-refractivity contribution is 0.284. The second-order valence-corrected chi connectivity index (χ2v) is 7.60. The van der Waals surface area contributed by atoms with Crippen LogP contribution in [0.4, 0.5) is 0 Å². The Bertz CT molecular complexity index is 1200. The number of hydrogen-bond acceptors (Lipinski definition) is 4. The molecule has 0 radical (unpaired) electrons. The van der Waals surface area contributed by atoms with Gasteiger partial charge < -0.3 is 18.8 Å². The molecular formula is C26H30N2O3. The highest BCUT2D eigenvalue weighted by Gasteiger charge is 2.22. The van der Waals surface area contributed by atoms with Crippen LogP contribution in [-0.2, 0) is 6.54 Å². The lowest BCUT2D eigenvalue weighted by Gasteiger charge is -2.17. The van der Waals surface area contributed by atoms with Gasteiger partial charge in [0, 0.05) is 34.6 Å². The van der Waals surface area contributed by atoms with Crippen molar-refractivity contribution in [1.82, 2.24) is 9.55 Å². The Labute approximate surface area is 183 Å². The van der Waals surface area contributed by atoms with E-state index in [0.717, 1.165) is 42.6 Å². The van der Waals surface area contributed by atoms with Crippen molar-refractivity contribution in [2.24, 2.45) is 0 Å². The summed E-state index contributed by atoms with van der Waals surface area (Å²) in [6.07, 6.45) is 5.03.